The molecule has 194 valence electrons. The topological polar surface area (TPSA) is 87.1 Å². The molecule has 4 aromatic rings. The first-order chi connectivity index (χ1) is 17.8. The number of hydrogen-bond donors (Lipinski definition) is 2. The summed E-state index contributed by atoms with van der Waals surface area (Å²) >= 11 is 0. The minimum atomic E-state index is -0.460. The Balaban J connectivity index is 1.41. The lowest BCUT2D eigenvalue weighted by Gasteiger charge is -2.14. The van der Waals surface area contributed by atoms with Crippen molar-refractivity contribution in [3.8, 4) is 5.88 Å². The van der Waals surface area contributed by atoms with Crippen LogP contribution < -0.4 is 15.8 Å². The summed E-state index contributed by atoms with van der Waals surface area (Å²) in [6.07, 6.45) is 4.22. The summed E-state index contributed by atoms with van der Waals surface area (Å²) in [6, 6.07) is 14.7. The average molecular weight is 500 g/mol. The van der Waals surface area contributed by atoms with Crippen molar-refractivity contribution in [2.45, 2.75) is 67.2 Å². The second-order valence-electron chi connectivity index (χ2n) is 9.72. The van der Waals surface area contributed by atoms with E-state index < -0.39 is 6.09 Å². The van der Waals surface area contributed by atoms with Crippen LogP contribution in [0, 0.1) is 27.7 Å². The number of benzene rings is 2. The third kappa shape index (κ3) is 6.30. The molecule has 3 N–H and O–H groups in total. The Morgan fingerprint density at radius 1 is 0.973 bits per heavy atom. The fourth-order valence-corrected chi connectivity index (χ4v) is 4.83. The number of nitrogens with one attached hydrogen (secondary N) is 1. The number of nitrogens with zero attached hydrogens (tertiary/aromatic N) is 3. The van der Waals surface area contributed by atoms with Gasteiger partial charge < -0.3 is 20.4 Å². The van der Waals surface area contributed by atoms with E-state index >= 15 is 0 Å². The molecular formula is C30H37N5O2. The Labute approximate surface area is 219 Å². The second-order valence-corrected chi connectivity index (χ2v) is 9.72. The number of rotatable bonds is 9. The molecule has 0 saturated carbocycles. The lowest BCUT2D eigenvalue weighted by molar-refractivity contribution is 0.196. The molecule has 0 aliphatic rings. The van der Waals surface area contributed by atoms with Gasteiger partial charge in [-0.2, -0.15) is 5.10 Å². The van der Waals surface area contributed by atoms with Crippen molar-refractivity contribution in [1.82, 2.24) is 19.7 Å². The van der Waals surface area contributed by atoms with E-state index in [1.807, 2.05) is 43.9 Å². The van der Waals surface area contributed by atoms with E-state index in [1.165, 1.54) is 11.1 Å². The zero-order chi connectivity index (χ0) is 26.5. The maximum atomic E-state index is 12.7. The van der Waals surface area contributed by atoms with E-state index in [0.717, 1.165) is 52.0 Å². The Morgan fingerprint density at radius 3 is 2.24 bits per heavy atom. The molecule has 2 heterocycles. The van der Waals surface area contributed by atoms with Crippen LogP contribution in [-0.4, -0.2) is 20.4 Å². The predicted octanol–water partition coefficient (Wildman–Crippen LogP) is 5.32. The van der Waals surface area contributed by atoms with Crippen LogP contribution in [0.1, 0.15) is 57.1 Å². The molecule has 0 saturated heterocycles. The fourth-order valence-electron chi connectivity index (χ4n) is 4.83. The molecule has 7 nitrogen and oxygen atoms in total. The van der Waals surface area contributed by atoms with Crippen molar-refractivity contribution in [1.29, 1.82) is 0 Å². The van der Waals surface area contributed by atoms with Gasteiger partial charge in [0.25, 0.3) is 0 Å². The highest BCUT2D eigenvalue weighted by Crippen LogP contribution is 2.25. The highest BCUT2D eigenvalue weighted by atomic mass is 16.6. The highest BCUT2D eigenvalue weighted by Gasteiger charge is 2.16. The zero-order valence-corrected chi connectivity index (χ0v) is 22.5. The van der Waals surface area contributed by atoms with E-state index in [9.17, 15) is 4.79 Å². The van der Waals surface area contributed by atoms with Crippen molar-refractivity contribution in [3.63, 3.8) is 0 Å². The van der Waals surface area contributed by atoms with Gasteiger partial charge >= 0.3 is 6.09 Å². The molecule has 2 aromatic heterocycles. The summed E-state index contributed by atoms with van der Waals surface area (Å²) in [7, 11) is 0. The van der Waals surface area contributed by atoms with Crippen LogP contribution in [0.15, 0.2) is 54.9 Å². The van der Waals surface area contributed by atoms with Crippen LogP contribution in [0.3, 0.4) is 0 Å². The first kappa shape index (κ1) is 26.2. The largest absolute Gasteiger partial charge is 0.414 e. The van der Waals surface area contributed by atoms with Gasteiger partial charge in [0.1, 0.15) is 0 Å². The maximum absolute atomic E-state index is 12.7. The quantitative estimate of drug-likeness (QED) is 0.326. The molecule has 7 heteroatoms. The van der Waals surface area contributed by atoms with Crippen LogP contribution >= 0.6 is 0 Å². The minimum absolute atomic E-state index is 0.407. The van der Waals surface area contributed by atoms with Crippen LogP contribution in [0.5, 0.6) is 5.88 Å². The molecule has 1 amide bonds. The summed E-state index contributed by atoms with van der Waals surface area (Å²) < 4.78 is 9.77. The van der Waals surface area contributed by atoms with Gasteiger partial charge in [-0.25, -0.2) is 4.79 Å². The molecule has 0 radical (unpaired) electrons. The highest BCUT2D eigenvalue weighted by molar-refractivity contribution is 5.70. The molecule has 0 atom stereocenters. The van der Waals surface area contributed by atoms with Crippen LogP contribution in [0.2, 0.25) is 0 Å². The first-order valence-electron chi connectivity index (χ1n) is 12.8. The molecule has 0 spiro atoms. The number of amides is 1. The molecular weight excluding hydrogens is 462 g/mol. The minimum Gasteiger partial charge on any atom is -0.393 e. The van der Waals surface area contributed by atoms with E-state index in [-0.39, 0.29) is 0 Å². The van der Waals surface area contributed by atoms with Crippen molar-refractivity contribution in [2.75, 3.05) is 0 Å². The smallest absolute Gasteiger partial charge is 0.393 e. The lowest BCUT2D eigenvalue weighted by atomic mass is 9.99. The van der Waals surface area contributed by atoms with Crippen molar-refractivity contribution in [3.05, 3.63) is 105 Å². The molecule has 0 aliphatic carbocycles. The number of carbonyl (C=O) groups is 1. The van der Waals surface area contributed by atoms with Gasteiger partial charge in [0.2, 0.25) is 5.88 Å². The number of carbonyl (C=O) groups excluding carboxylic acids is 1. The normalized spacial score (nSPS) is 11.1. The summed E-state index contributed by atoms with van der Waals surface area (Å²) in [5.41, 5.74) is 16.0. The van der Waals surface area contributed by atoms with E-state index in [0.29, 0.717) is 25.5 Å². The third-order valence-electron chi connectivity index (χ3n) is 6.80. The Hall–Kier alpha value is -3.84. The van der Waals surface area contributed by atoms with Gasteiger partial charge in [0.05, 0.1) is 12.7 Å². The predicted molar refractivity (Wildman–Crippen MR) is 147 cm³/mol. The number of aryl methyl sites for hydroxylation is 4. The van der Waals surface area contributed by atoms with Crippen LogP contribution in [0.25, 0.3) is 0 Å². The average Bonchev–Trinajstić information content (AvgIpc) is 3.40. The SMILES string of the molecule is CCn1c(OC(=O)NCc2c(C)cc(CN)cc2C)cc(C)c1Cc1ccc(Cn2cc(C)cn2)cc1. The maximum Gasteiger partial charge on any atom is 0.414 e. The van der Waals surface area contributed by atoms with Gasteiger partial charge in [0.15, 0.2) is 0 Å². The van der Waals surface area contributed by atoms with Gasteiger partial charge in [-0.3, -0.25) is 4.68 Å². The zero-order valence-electron chi connectivity index (χ0n) is 22.5. The Kier molecular flexibility index (Phi) is 8.14. The third-order valence-corrected chi connectivity index (χ3v) is 6.80. The van der Waals surface area contributed by atoms with Crippen molar-refractivity contribution >= 4 is 6.09 Å². The lowest BCUT2D eigenvalue weighted by Crippen LogP contribution is -2.28. The molecule has 0 bridgehead atoms. The van der Waals surface area contributed by atoms with E-state index in [2.05, 4.69) is 65.2 Å². The number of hydrogen-bond acceptors (Lipinski definition) is 4. The summed E-state index contributed by atoms with van der Waals surface area (Å²) in [4.78, 5) is 12.7. The molecule has 4 rings (SSSR count). The summed E-state index contributed by atoms with van der Waals surface area (Å²) in [5, 5.41) is 7.28. The molecule has 0 unspecified atom stereocenters. The molecule has 2 aromatic carbocycles. The molecule has 0 aliphatic heterocycles. The fraction of sp³-hybridized carbons (Fsp3) is 0.333. The molecule has 0 fully saturated rings. The monoisotopic (exact) mass is 499 g/mol. The summed E-state index contributed by atoms with van der Waals surface area (Å²) in [6.45, 7) is 12.6. The van der Waals surface area contributed by atoms with Gasteiger partial charge in [-0.05, 0) is 79.1 Å². The Bertz CT molecular complexity index is 1360. The van der Waals surface area contributed by atoms with Gasteiger partial charge in [-0.1, -0.05) is 36.4 Å². The van der Waals surface area contributed by atoms with Gasteiger partial charge in [0, 0.05) is 44.0 Å². The summed E-state index contributed by atoms with van der Waals surface area (Å²) in [5.74, 6) is 0.560. The van der Waals surface area contributed by atoms with Crippen molar-refractivity contribution in [2.24, 2.45) is 5.73 Å². The van der Waals surface area contributed by atoms with Crippen LogP contribution in [-0.2, 0) is 32.6 Å². The van der Waals surface area contributed by atoms with Crippen molar-refractivity contribution < 1.29 is 9.53 Å². The van der Waals surface area contributed by atoms with E-state index in [4.69, 9.17) is 10.5 Å². The number of ether oxygens (including phenoxy) is 1. The Morgan fingerprint density at radius 2 is 1.65 bits per heavy atom. The van der Waals surface area contributed by atoms with Gasteiger partial charge in [-0.15, -0.1) is 0 Å². The second kappa shape index (κ2) is 11.5. The standard InChI is InChI=1S/C30H37N5O2/c1-6-35-28(14-24-7-9-25(10-8-24)19-34-18-20(2)16-33-34)23(5)13-29(35)37-30(36)32-17-27-21(3)11-26(15-31)12-22(27)4/h7-13,16,18H,6,14-15,17,19,31H2,1-5H3,(H,32,36). The number of nitrogens with two attached hydrogens (primary N) is 1. The van der Waals surface area contributed by atoms with Crippen LogP contribution in [0.4, 0.5) is 4.79 Å². The number of aromatic nitrogens is 3. The molecule has 37 heavy (non-hydrogen) atoms. The first-order valence-corrected chi connectivity index (χ1v) is 12.8. The van der Waals surface area contributed by atoms with E-state index in [1.54, 1.807) is 0 Å².